The number of rotatable bonds is 3. The van der Waals surface area contributed by atoms with E-state index in [1.165, 1.54) is 5.56 Å². The van der Waals surface area contributed by atoms with Gasteiger partial charge < -0.3 is 5.32 Å². The third-order valence-corrected chi connectivity index (χ3v) is 2.70. The Kier molecular flexibility index (Phi) is 3.27. The molecule has 0 radical (unpaired) electrons. The summed E-state index contributed by atoms with van der Waals surface area (Å²) in [5.74, 6) is 0. The van der Waals surface area contributed by atoms with Crippen LogP contribution < -0.4 is 5.32 Å². The topological polar surface area (TPSA) is 37.8 Å². The normalized spacial score (nSPS) is 12.4. The summed E-state index contributed by atoms with van der Waals surface area (Å²) < 4.78 is 0. The minimum absolute atomic E-state index is 0.304. The van der Waals surface area contributed by atoms with E-state index in [9.17, 15) is 0 Å². The summed E-state index contributed by atoms with van der Waals surface area (Å²) in [6, 6.07) is 8.57. The molecule has 0 bridgehead atoms. The molecule has 0 aliphatic carbocycles. The molecular formula is C13H15N3. The van der Waals surface area contributed by atoms with E-state index in [4.69, 9.17) is 0 Å². The van der Waals surface area contributed by atoms with Gasteiger partial charge in [0.1, 0.15) is 0 Å². The zero-order chi connectivity index (χ0) is 11.4. The Bertz CT molecular complexity index is 454. The predicted octanol–water partition coefficient (Wildman–Crippen LogP) is 2.42. The van der Waals surface area contributed by atoms with E-state index < -0.39 is 0 Å². The van der Waals surface area contributed by atoms with Crippen molar-refractivity contribution in [3.63, 3.8) is 0 Å². The van der Waals surface area contributed by atoms with Gasteiger partial charge in [-0.2, -0.15) is 0 Å². The Hall–Kier alpha value is -1.74. The van der Waals surface area contributed by atoms with Crippen LogP contribution in [-0.4, -0.2) is 17.0 Å². The Labute approximate surface area is 95.6 Å². The zero-order valence-electron chi connectivity index (χ0n) is 9.51. The molecule has 0 saturated carbocycles. The molecule has 1 heterocycles. The van der Waals surface area contributed by atoms with Crippen LogP contribution in [0.5, 0.6) is 0 Å². The molecule has 16 heavy (non-hydrogen) atoms. The predicted molar refractivity (Wildman–Crippen MR) is 64.9 cm³/mol. The average molecular weight is 213 g/mol. The Morgan fingerprint density at radius 3 is 2.69 bits per heavy atom. The molecule has 2 rings (SSSR count). The third kappa shape index (κ3) is 2.09. The van der Waals surface area contributed by atoms with E-state index >= 15 is 0 Å². The van der Waals surface area contributed by atoms with Crippen molar-refractivity contribution < 1.29 is 0 Å². The van der Waals surface area contributed by atoms with Crippen LogP contribution in [0.25, 0.3) is 11.3 Å². The fraction of sp³-hybridized carbons (Fsp3) is 0.231. The van der Waals surface area contributed by atoms with Gasteiger partial charge in [0, 0.05) is 24.0 Å². The van der Waals surface area contributed by atoms with Crippen LogP contribution in [0, 0.1) is 0 Å². The molecular weight excluding hydrogens is 198 g/mol. The zero-order valence-corrected chi connectivity index (χ0v) is 9.51. The maximum absolute atomic E-state index is 4.34. The number of hydrogen-bond acceptors (Lipinski definition) is 3. The summed E-state index contributed by atoms with van der Waals surface area (Å²) in [7, 11) is 1.96. The van der Waals surface area contributed by atoms with Gasteiger partial charge in [0.05, 0.1) is 11.9 Å². The van der Waals surface area contributed by atoms with Crippen molar-refractivity contribution in [3.05, 3.63) is 48.4 Å². The van der Waals surface area contributed by atoms with Gasteiger partial charge in [0.15, 0.2) is 0 Å². The van der Waals surface area contributed by atoms with Crippen molar-refractivity contribution in [2.75, 3.05) is 7.05 Å². The molecule has 0 aliphatic rings. The maximum atomic E-state index is 4.34. The molecule has 2 aromatic rings. The van der Waals surface area contributed by atoms with Gasteiger partial charge in [-0.05, 0) is 19.5 Å². The van der Waals surface area contributed by atoms with Crippen molar-refractivity contribution in [1.82, 2.24) is 15.3 Å². The van der Waals surface area contributed by atoms with Crippen LogP contribution in [-0.2, 0) is 0 Å². The van der Waals surface area contributed by atoms with Gasteiger partial charge in [-0.15, -0.1) is 0 Å². The molecule has 0 saturated heterocycles. The van der Waals surface area contributed by atoms with E-state index in [1.54, 1.807) is 18.6 Å². The van der Waals surface area contributed by atoms with E-state index in [2.05, 4.69) is 34.3 Å². The quantitative estimate of drug-likeness (QED) is 0.850. The second-order valence-electron chi connectivity index (χ2n) is 3.69. The maximum Gasteiger partial charge on any atom is 0.0888 e. The first kappa shape index (κ1) is 10.8. The first-order valence-corrected chi connectivity index (χ1v) is 5.35. The third-order valence-electron chi connectivity index (χ3n) is 2.70. The van der Waals surface area contributed by atoms with E-state index in [0.717, 1.165) is 11.3 Å². The summed E-state index contributed by atoms with van der Waals surface area (Å²) in [4.78, 5) is 8.44. The number of benzene rings is 1. The fourth-order valence-corrected chi connectivity index (χ4v) is 1.70. The van der Waals surface area contributed by atoms with Crippen molar-refractivity contribution >= 4 is 0 Å². The summed E-state index contributed by atoms with van der Waals surface area (Å²) >= 11 is 0. The van der Waals surface area contributed by atoms with Crippen LogP contribution >= 0.6 is 0 Å². The van der Waals surface area contributed by atoms with Crippen LogP contribution in [0.4, 0.5) is 0 Å². The molecule has 1 aromatic carbocycles. The molecule has 1 N–H and O–H groups in total. The monoisotopic (exact) mass is 213 g/mol. The van der Waals surface area contributed by atoms with E-state index in [0.29, 0.717) is 6.04 Å². The molecule has 1 atom stereocenters. The van der Waals surface area contributed by atoms with Crippen LogP contribution in [0.2, 0.25) is 0 Å². The Morgan fingerprint density at radius 1 is 1.19 bits per heavy atom. The van der Waals surface area contributed by atoms with Crippen LogP contribution in [0.3, 0.4) is 0 Å². The standard InChI is InChI=1S/C13H15N3/c1-10(14-2)11-5-3-4-6-12(11)13-9-15-7-8-16-13/h3-10,14H,1-2H3. The SMILES string of the molecule is CNC(C)c1ccccc1-c1cnccn1. The second kappa shape index (κ2) is 4.86. The molecule has 3 nitrogen and oxygen atoms in total. The minimum atomic E-state index is 0.304. The lowest BCUT2D eigenvalue weighted by Gasteiger charge is -2.14. The Morgan fingerprint density at radius 2 is 2.00 bits per heavy atom. The van der Waals surface area contributed by atoms with E-state index in [1.807, 2.05) is 19.2 Å². The summed E-state index contributed by atoms with van der Waals surface area (Å²) in [5, 5.41) is 3.24. The highest BCUT2D eigenvalue weighted by molar-refractivity contribution is 5.63. The van der Waals surface area contributed by atoms with Crippen molar-refractivity contribution in [2.24, 2.45) is 0 Å². The van der Waals surface area contributed by atoms with Crippen LogP contribution in [0.15, 0.2) is 42.9 Å². The molecule has 0 spiro atoms. The van der Waals surface area contributed by atoms with Crippen molar-refractivity contribution in [1.29, 1.82) is 0 Å². The molecule has 1 unspecified atom stereocenters. The highest BCUT2D eigenvalue weighted by Gasteiger charge is 2.10. The van der Waals surface area contributed by atoms with Gasteiger partial charge >= 0.3 is 0 Å². The van der Waals surface area contributed by atoms with Gasteiger partial charge in [-0.3, -0.25) is 9.97 Å². The van der Waals surface area contributed by atoms with Crippen molar-refractivity contribution in [2.45, 2.75) is 13.0 Å². The lowest BCUT2D eigenvalue weighted by Crippen LogP contribution is -2.13. The summed E-state index contributed by atoms with van der Waals surface area (Å²) in [6.45, 7) is 2.13. The molecule has 3 heteroatoms. The summed E-state index contributed by atoms with van der Waals surface area (Å²) in [6.07, 6.45) is 5.20. The molecule has 0 amide bonds. The Balaban J connectivity index is 2.49. The summed E-state index contributed by atoms with van der Waals surface area (Å²) in [5.41, 5.74) is 3.29. The van der Waals surface area contributed by atoms with Gasteiger partial charge in [-0.25, -0.2) is 0 Å². The smallest absolute Gasteiger partial charge is 0.0888 e. The molecule has 0 aliphatic heterocycles. The number of hydrogen-bond donors (Lipinski definition) is 1. The number of nitrogens with zero attached hydrogens (tertiary/aromatic N) is 2. The van der Waals surface area contributed by atoms with Crippen molar-refractivity contribution in [3.8, 4) is 11.3 Å². The van der Waals surface area contributed by atoms with Gasteiger partial charge in [0.25, 0.3) is 0 Å². The highest BCUT2D eigenvalue weighted by Crippen LogP contribution is 2.25. The van der Waals surface area contributed by atoms with E-state index in [-0.39, 0.29) is 0 Å². The minimum Gasteiger partial charge on any atom is -0.313 e. The van der Waals surface area contributed by atoms with Crippen LogP contribution in [0.1, 0.15) is 18.5 Å². The number of aromatic nitrogens is 2. The molecule has 0 fully saturated rings. The number of nitrogens with one attached hydrogen (secondary N) is 1. The molecule has 1 aromatic heterocycles. The fourth-order valence-electron chi connectivity index (χ4n) is 1.70. The first-order chi connectivity index (χ1) is 7.83. The lowest BCUT2D eigenvalue weighted by atomic mass is 9.99. The molecule has 82 valence electrons. The van der Waals surface area contributed by atoms with Gasteiger partial charge in [-0.1, -0.05) is 24.3 Å². The average Bonchev–Trinajstić information content (AvgIpc) is 2.39. The van der Waals surface area contributed by atoms with Gasteiger partial charge in [0.2, 0.25) is 0 Å². The largest absolute Gasteiger partial charge is 0.313 e. The first-order valence-electron chi connectivity index (χ1n) is 5.35. The second-order valence-corrected chi connectivity index (χ2v) is 3.69. The highest BCUT2D eigenvalue weighted by atomic mass is 14.9. The lowest BCUT2D eigenvalue weighted by molar-refractivity contribution is 0.653.